The van der Waals surface area contributed by atoms with E-state index in [0.29, 0.717) is 6.42 Å². The van der Waals surface area contributed by atoms with Crippen LogP contribution in [0.15, 0.2) is 23.8 Å². The predicted octanol–water partition coefficient (Wildman–Crippen LogP) is 2.12. The van der Waals surface area contributed by atoms with Gasteiger partial charge in [0.2, 0.25) is 0 Å². The highest BCUT2D eigenvalue weighted by Crippen LogP contribution is 1.98. The van der Waals surface area contributed by atoms with Crippen LogP contribution in [0.1, 0.15) is 19.8 Å². The van der Waals surface area contributed by atoms with Crippen LogP contribution in [0.25, 0.3) is 0 Å². The highest BCUT2D eigenvalue weighted by molar-refractivity contribution is 5.21. The van der Waals surface area contributed by atoms with E-state index in [0.717, 1.165) is 13.0 Å². The third-order valence-corrected chi connectivity index (χ3v) is 1.41. The van der Waals surface area contributed by atoms with Gasteiger partial charge in [-0.25, -0.2) is 0 Å². The molecule has 0 aromatic rings. The van der Waals surface area contributed by atoms with Crippen molar-refractivity contribution in [2.45, 2.75) is 19.8 Å². The first-order valence-electron chi connectivity index (χ1n) is 4.28. The Morgan fingerprint density at radius 3 is 2.83 bits per heavy atom. The molecule has 0 fully saturated rings. The van der Waals surface area contributed by atoms with E-state index in [1.165, 1.54) is 5.57 Å². The van der Waals surface area contributed by atoms with Gasteiger partial charge in [-0.2, -0.15) is 0 Å². The number of likely N-dealkylation sites (N-methyl/N-ethyl adjacent to an activating group) is 1. The molecule has 1 heteroatoms. The van der Waals surface area contributed by atoms with Crippen LogP contribution < -0.4 is 5.32 Å². The SMILES string of the molecule is C#CC/C=C\C(=C/CC)CNC. The van der Waals surface area contributed by atoms with Crippen molar-refractivity contribution in [2.24, 2.45) is 0 Å². The van der Waals surface area contributed by atoms with Crippen molar-refractivity contribution in [3.05, 3.63) is 23.8 Å². The summed E-state index contributed by atoms with van der Waals surface area (Å²) < 4.78 is 0. The second kappa shape index (κ2) is 8.10. The average Bonchev–Trinajstić information content (AvgIpc) is 2.06. The number of terminal acetylenes is 1. The molecule has 0 aromatic carbocycles. The van der Waals surface area contributed by atoms with Crippen molar-refractivity contribution in [3.8, 4) is 12.3 Å². The summed E-state index contributed by atoms with van der Waals surface area (Å²) in [5.74, 6) is 2.57. The highest BCUT2D eigenvalue weighted by Gasteiger charge is 1.87. The van der Waals surface area contributed by atoms with E-state index in [2.05, 4.69) is 30.3 Å². The molecule has 0 saturated carbocycles. The molecule has 12 heavy (non-hydrogen) atoms. The Kier molecular flexibility index (Phi) is 7.42. The normalized spacial score (nSPS) is 11.9. The van der Waals surface area contributed by atoms with Crippen LogP contribution in [0.2, 0.25) is 0 Å². The van der Waals surface area contributed by atoms with Gasteiger partial charge >= 0.3 is 0 Å². The van der Waals surface area contributed by atoms with Crippen LogP contribution in [0.5, 0.6) is 0 Å². The van der Waals surface area contributed by atoms with Gasteiger partial charge in [0.15, 0.2) is 0 Å². The number of hydrogen-bond acceptors (Lipinski definition) is 1. The molecule has 66 valence electrons. The predicted molar refractivity (Wildman–Crippen MR) is 54.9 cm³/mol. The average molecular weight is 163 g/mol. The zero-order chi connectivity index (χ0) is 9.23. The Balaban J connectivity index is 3.96. The van der Waals surface area contributed by atoms with Gasteiger partial charge in [-0.05, 0) is 19.0 Å². The molecule has 0 aliphatic heterocycles. The third kappa shape index (κ3) is 5.76. The number of allylic oxidation sites excluding steroid dienone is 2. The summed E-state index contributed by atoms with van der Waals surface area (Å²) in [4.78, 5) is 0. The van der Waals surface area contributed by atoms with Gasteiger partial charge in [0.1, 0.15) is 0 Å². The second-order valence-electron chi connectivity index (χ2n) is 2.53. The van der Waals surface area contributed by atoms with E-state index in [4.69, 9.17) is 6.42 Å². The van der Waals surface area contributed by atoms with E-state index in [-0.39, 0.29) is 0 Å². The van der Waals surface area contributed by atoms with E-state index in [1.807, 2.05) is 13.1 Å². The van der Waals surface area contributed by atoms with Gasteiger partial charge in [-0.15, -0.1) is 12.3 Å². The molecular weight excluding hydrogens is 146 g/mol. The minimum atomic E-state index is 0.713. The molecule has 0 radical (unpaired) electrons. The second-order valence-corrected chi connectivity index (χ2v) is 2.53. The fourth-order valence-electron chi connectivity index (χ4n) is 0.944. The summed E-state index contributed by atoms with van der Waals surface area (Å²) in [5, 5.41) is 3.11. The number of hydrogen-bond donors (Lipinski definition) is 1. The molecule has 1 N–H and O–H groups in total. The molecule has 0 aromatic heterocycles. The fraction of sp³-hybridized carbons (Fsp3) is 0.455. The van der Waals surface area contributed by atoms with Gasteiger partial charge in [-0.1, -0.05) is 25.2 Å². The number of nitrogens with one attached hydrogen (secondary N) is 1. The van der Waals surface area contributed by atoms with E-state index < -0.39 is 0 Å². The molecule has 0 spiro atoms. The molecule has 0 rings (SSSR count). The van der Waals surface area contributed by atoms with Gasteiger partial charge in [-0.3, -0.25) is 0 Å². The molecule has 0 aliphatic carbocycles. The van der Waals surface area contributed by atoms with Crippen LogP contribution in [-0.4, -0.2) is 13.6 Å². The third-order valence-electron chi connectivity index (χ3n) is 1.41. The van der Waals surface area contributed by atoms with Crippen molar-refractivity contribution in [1.29, 1.82) is 0 Å². The zero-order valence-electron chi connectivity index (χ0n) is 7.93. The quantitative estimate of drug-likeness (QED) is 0.483. The molecule has 0 heterocycles. The maximum Gasteiger partial charge on any atom is 0.0270 e. The molecular formula is C11H17N. The monoisotopic (exact) mass is 163 g/mol. The summed E-state index contributed by atoms with van der Waals surface area (Å²) in [6, 6.07) is 0. The first-order chi connectivity index (χ1) is 5.85. The van der Waals surface area contributed by atoms with E-state index in [9.17, 15) is 0 Å². The molecule has 0 bridgehead atoms. The van der Waals surface area contributed by atoms with E-state index in [1.54, 1.807) is 0 Å². The molecule has 0 atom stereocenters. The number of rotatable bonds is 5. The summed E-state index contributed by atoms with van der Waals surface area (Å²) in [7, 11) is 1.94. The summed E-state index contributed by atoms with van der Waals surface area (Å²) in [5.41, 5.74) is 1.30. The molecule has 0 amide bonds. The Hall–Kier alpha value is -1.00. The van der Waals surface area contributed by atoms with Crippen molar-refractivity contribution in [1.82, 2.24) is 5.32 Å². The van der Waals surface area contributed by atoms with Gasteiger partial charge in [0.05, 0.1) is 0 Å². The molecule has 1 nitrogen and oxygen atoms in total. The van der Waals surface area contributed by atoms with Gasteiger partial charge in [0.25, 0.3) is 0 Å². The van der Waals surface area contributed by atoms with Crippen LogP contribution in [0.4, 0.5) is 0 Å². The topological polar surface area (TPSA) is 12.0 Å². The molecule has 0 aliphatic rings. The summed E-state index contributed by atoms with van der Waals surface area (Å²) in [6.07, 6.45) is 13.2. The fourth-order valence-corrected chi connectivity index (χ4v) is 0.944. The summed E-state index contributed by atoms with van der Waals surface area (Å²) >= 11 is 0. The van der Waals surface area contributed by atoms with Gasteiger partial charge < -0.3 is 5.32 Å². The van der Waals surface area contributed by atoms with Crippen LogP contribution in [0, 0.1) is 12.3 Å². The first-order valence-corrected chi connectivity index (χ1v) is 4.28. The maximum absolute atomic E-state index is 5.13. The van der Waals surface area contributed by atoms with Crippen LogP contribution >= 0.6 is 0 Å². The Bertz CT molecular complexity index is 194. The highest BCUT2D eigenvalue weighted by atomic mass is 14.8. The molecule has 0 saturated heterocycles. The van der Waals surface area contributed by atoms with Crippen molar-refractivity contribution in [3.63, 3.8) is 0 Å². The standard InChI is InChI=1S/C11H17N/c1-4-6-7-9-11(8-5-2)10-12-3/h1,7-9,12H,5-6,10H2,2-3H3/b9-7-,11-8+. The Labute approximate surface area is 75.6 Å². The van der Waals surface area contributed by atoms with Crippen molar-refractivity contribution < 1.29 is 0 Å². The first kappa shape index (κ1) is 11.0. The van der Waals surface area contributed by atoms with Crippen molar-refractivity contribution in [2.75, 3.05) is 13.6 Å². The van der Waals surface area contributed by atoms with Crippen LogP contribution in [0.3, 0.4) is 0 Å². The van der Waals surface area contributed by atoms with E-state index >= 15 is 0 Å². The largest absolute Gasteiger partial charge is 0.316 e. The lowest BCUT2D eigenvalue weighted by molar-refractivity contribution is 0.889. The minimum absolute atomic E-state index is 0.713. The van der Waals surface area contributed by atoms with Crippen molar-refractivity contribution >= 4 is 0 Å². The lowest BCUT2D eigenvalue weighted by atomic mass is 10.2. The Morgan fingerprint density at radius 2 is 2.33 bits per heavy atom. The smallest absolute Gasteiger partial charge is 0.0270 e. The minimum Gasteiger partial charge on any atom is -0.316 e. The lowest BCUT2D eigenvalue weighted by Gasteiger charge is -1.99. The molecule has 0 unspecified atom stereocenters. The van der Waals surface area contributed by atoms with Gasteiger partial charge in [0, 0.05) is 13.0 Å². The zero-order valence-corrected chi connectivity index (χ0v) is 7.93. The van der Waals surface area contributed by atoms with Crippen LogP contribution in [-0.2, 0) is 0 Å². The Morgan fingerprint density at radius 1 is 1.58 bits per heavy atom. The summed E-state index contributed by atoms with van der Waals surface area (Å²) in [6.45, 7) is 3.04. The lowest BCUT2D eigenvalue weighted by Crippen LogP contribution is -2.09. The maximum atomic E-state index is 5.13.